The Bertz CT molecular complexity index is 978. The van der Waals surface area contributed by atoms with Gasteiger partial charge >= 0.3 is 0 Å². The summed E-state index contributed by atoms with van der Waals surface area (Å²) in [6, 6.07) is 9.79. The van der Waals surface area contributed by atoms with Crippen molar-refractivity contribution in [3.8, 4) is 0 Å². The normalized spacial score (nSPS) is 25.6. The highest BCUT2D eigenvalue weighted by molar-refractivity contribution is 9.10. The minimum atomic E-state index is -1.23. The van der Waals surface area contributed by atoms with Crippen LogP contribution in [0.2, 0.25) is 0 Å². The van der Waals surface area contributed by atoms with Crippen LogP contribution < -0.4 is 0 Å². The van der Waals surface area contributed by atoms with Crippen molar-refractivity contribution < 1.29 is 20.1 Å². The van der Waals surface area contributed by atoms with Gasteiger partial charge in [-0.2, -0.15) is 0 Å². The zero-order chi connectivity index (χ0) is 19.0. The number of aromatic nitrogens is 4. The van der Waals surface area contributed by atoms with Crippen molar-refractivity contribution in [2.24, 2.45) is 0 Å². The maximum Gasteiger partial charge on any atom is 0.181 e. The lowest BCUT2D eigenvalue weighted by atomic mass is 10.1. The van der Waals surface area contributed by atoms with Crippen LogP contribution in [-0.2, 0) is 4.74 Å². The molecule has 0 aliphatic carbocycles. The second kappa shape index (κ2) is 7.45. The number of imidazole rings is 1. The number of hydrogen-bond acceptors (Lipinski definition) is 7. The average molecular weight is 433 g/mol. The summed E-state index contributed by atoms with van der Waals surface area (Å²) in [7, 11) is 0. The van der Waals surface area contributed by atoms with Gasteiger partial charge in [0.1, 0.15) is 30.2 Å². The Hall–Kier alpha value is -2.17. The number of rotatable bonds is 4. The molecule has 9 heteroatoms. The second-order valence-corrected chi connectivity index (χ2v) is 6.86. The first kappa shape index (κ1) is 18.2. The molecule has 4 atom stereocenters. The monoisotopic (exact) mass is 432 g/mol. The molecule has 0 unspecified atom stereocenters. The fourth-order valence-corrected chi connectivity index (χ4v) is 3.63. The van der Waals surface area contributed by atoms with E-state index in [1.165, 1.54) is 6.33 Å². The summed E-state index contributed by atoms with van der Waals surface area (Å²) in [5, 5.41) is 29.7. The SMILES string of the molecule is OC[C@H]1O[C@@H](n2c(Br)nc3c(C=Cc4ccccc4)ncnc32)[C@H](O)[C@@H]1O. The maximum absolute atomic E-state index is 10.3. The maximum atomic E-state index is 10.3. The lowest BCUT2D eigenvalue weighted by Gasteiger charge is -2.17. The molecule has 4 rings (SSSR count). The standard InChI is InChI=1S/C18H17BrN4O4/c19-18-22-13-11(7-6-10-4-2-1-3-5-10)20-9-21-16(13)23(18)17-15(26)14(25)12(8-24)27-17/h1-7,9,12,14-15,17,24-26H,8H2/t12-,14-,15-,17-/m1/s1. The molecule has 2 aromatic heterocycles. The van der Waals surface area contributed by atoms with Crippen molar-refractivity contribution in [1.29, 1.82) is 0 Å². The van der Waals surface area contributed by atoms with Crippen LogP contribution in [0.4, 0.5) is 0 Å². The number of fused-ring (bicyclic) bond motifs is 1. The van der Waals surface area contributed by atoms with E-state index in [4.69, 9.17) is 4.74 Å². The number of nitrogens with zero attached hydrogens (tertiary/aromatic N) is 4. The Labute approximate surface area is 162 Å². The largest absolute Gasteiger partial charge is 0.394 e. The smallest absolute Gasteiger partial charge is 0.181 e. The van der Waals surface area contributed by atoms with Gasteiger partial charge in [-0.25, -0.2) is 15.0 Å². The molecule has 140 valence electrons. The number of benzene rings is 1. The van der Waals surface area contributed by atoms with Gasteiger partial charge in [0, 0.05) is 0 Å². The number of halogens is 1. The van der Waals surface area contributed by atoms with Crippen LogP contribution in [-0.4, -0.2) is 59.8 Å². The number of aliphatic hydroxyl groups excluding tert-OH is 3. The third-order valence-electron chi connectivity index (χ3n) is 4.47. The topological polar surface area (TPSA) is 114 Å². The molecule has 1 fully saturated rings. The summed E-state index contributed by atoms with van der Waals surface area (Å²) in [6.07, 6.45) is 0.907. The first-order valence-corrected chi connectivity index (χ1v) is 9.13. The van der Waals surface area contributed by atoms with Gasteiger partial charge in [0.25, 0.3) is 0 Å². The van der Waals surface area contributed by atoms with Crippen molar-refractivity contribution in [3.63, 3.8) is 0 Å². The highest BCUT2D eigenvalue weighted by Gasteiger charge is 2.44. The molecule has 1 aromatic carbocycles. The van der Waals surface area contributed by atoms with Gasteiger partial charge in [0.05, 0.1) is 12.3 Å². The third kappa shape index (κ3) is 3.28. The van der Waals surface area contributed by atoms with E-state index in [1.807, 2.05) is 42.5 Å². The van der Waals surface area contributed by atoms with E-state index in [9.17, 15) is 15.3 Å². The Morgan fingerprint density at radius 3 is 2.59 bits per heavy atom. The zero-order valence-electron chi connectivity index (χ0n) is 14.1. The van der Waals surface area contributed by atoms with E-state index in [2.05, 4.69) is 30.9 Å². The molecule has 27 heavy (non-hydrogen) atoms. The minimum absolute atomic E-state index is 0.377. The fraction of sp³-hybridized carbons (Fsp3) is 0.278. The molecule has 3 aromatic rings. The molecule has 0 spiro atoms. The lowest BCUT2D eigenvalue weighted by Crippen LogP contribution is -2.33. The minimum Gasteiger partial charge on any atom is -0.394 e. The summed E-state index contributed by atoms with van der Waals surface area (Å²) < 4.78 is 7.52. The molecule has 3 heterocycles. The Kier molecular flexibility index (Phi) is 5.02. The number of aliphatic hydroxyl groups is 3. The van der Waals surface area contributed by atoms with E-state index in [0.717, 1.165) is 5.56 Å². The highest BCUT2D eigenvalue weighted by atomic mass is 79.9. The van der Waals surface area contributed by atoms with E-state index in [-0.39, 0.29) is 0 Å². The predicted octanol–water partition coefficient (Wildman–Crippen LogP) is 1.37. The Balaban J connectivity index is 1.74. The molecule has 0 amide bonds. The molecule has 8 nitrogen and oxygen atoms in total. The van der Waals surface area contributed by atoms with Crippen LogP contribution in [0, 0.1) is 0 Å². The molecule has 0 bridgehead atoms. The first-order chi connectivity index (χ1) is 13.1. The quantitative estimate of drug-likeness (QED) is 0.533. The molecule has 1 aliphatic rings. The third-order valence-corrected chi connectivity index (χ3v) is 5.03. The number of ether oxygens (including phenoxy) is 1. The molecule has 3 N–H and O–H groups in total. The zero-order valence-corrected chi connectivity index (χ0v) is 15.6. The van der Waals surface area contributed by atoms with Crippen LogP contribution in [0.1, 0.15) is 17.5 Å². The summed E-state index contributed by atoms with van der Waals surface area (Å²) in [4.78, 5) is 13.0. The van der Waals surface area contributed by atoms with Crippen LogP contribution in [0.5, 0.6) is 0 Å². The van der Waals surface area contributed by atoms with Crippen molar-refractivity contribution in [2.45, 2.75) is 24.5 Å². The Morgan fingerprint density at radius 2 is 1.89 bits per heavy atom. The molecule has 1 saturated heterocycles. The highest BCUT2D eigenvalue weighted by Crippen LogP contribution is 2.34. The van der Waals surface area contributed by atoms with Crippen molar-refractivity contribution in [2.75, 3.05) is 6.61 Å². The summed E-state index contributed by atoms with van der Waals surface area (Å²) >= 11 is 3.36. The fourth-order valence-electron chi connectivity index (χ4n) is 3.08. The number of hydrogen-bond donors (Lipinski definition) is 3. The van der Waals surface area contributed by atoms with Gasteiger partial charge in [-0.1, -0.05) is 36.4 Å². The second-order valence-electron chi connectivity index (χ2n) is 6.15. The van der Waals surface area contributed by atoms with Crippen molar-refractivity contribution in [3.05, 3.63) is 52.7 Å². The van der Waals surface area contributed by atoms with Gasteiger partial charge < -0.3 is 20.1 Å². The molecule has 0 radical (unpaired) electrons. The average Bonchev–Trinajstić information content (AvgIpc) is 3.17. The first-order valence-electron chi connectivity index (χ1n) is 8.34. The van der Waals surface area contributed by atoms with Gasteiger partial charge in [-0.05, 0) is 27.6 Å². The summed E-state index contributed by atoms with van der Waals surface area (Å²) in [5.41, 5.74) is 2.59. The van der Waals surface area contributed by atoms with Crippen LogP contribution >= 0.6 is 15.9 Å². The van der Waals surface area contributed by atoms with Gasteiger partial charge in [0.2, 0.25) is 0 Å². The van der Waals surface area contributed by atoms with Crippen molar-refractivity contribution in [1.82, 2.24) is 19.5 Å². The van der Waals surface area contributed by atoms with E-state index in [0.29, 0.717) is 21.6 Å². The lowest BCUT2D eigenvalue weighted by molar-refractivity contribution is -0.0521. The van der Waals surface area contributed by atoms with Crippen LogP contribution in [0.25, 0.3) is 23.3 Å². The predicted molar refractivity (Wildman–Crippen MR) is 101 cm³/mol. The van der Waals surface area contributed by atoms with Gasteiger partial charge in [-0.15, -0.1) is 0 Å². The molecule has 0 saturated carbocycles. The van der Waals surface area contributed by atoms with E-state index >= 15 is 0 Å². The summed E-state index contributed by atoms with van der Waals surface area (Å²) in [6.45, 7) is -0.404. The van der Waals surface area contributed by atoms with E-state index in [1.54, 1.807) is 4.57 Å². The molecular weight excluding hydrogens is 416 g/mol. The van der Waals surface area contributed by atoms with Crippen LogP contribution in [0.3, 0.4) is 0 Å². The van der Waals surface area contributed by atoms with Gasteiger partial charge in [0.15, 0.2) is 16.6 Å². The molecule has 1 aliphatic heterocycles. The molecular formula is C18H17BrN4O4. The van der Waals surface area contributed by atoms with E-state index < -0.39 is 31.1 Å². The Morgan fingerprint density at radius 1 is 1.11 bits per heavy atom. The van der Waals surface area contributed by atoms with Crippen molar-refractivity contribution >= 4 is 39.2 Å². The summed E-state index contributed by atoms with van der Waals surface area (Å²) in [5.74, 6) is 0. The van der Waals surface area contributed by atoms with Gasteiger partial charge in [-0.3, -0.25) is 4.57 Å². The van der Waals surface area contributed by atoms with Crippen LogP contribution in [0.15, 0.2) is 41.4 Å².